The number of rotatable bonds is 3. The van der Waals surface area contributed by atoms with Crippen molar-refractivity contribution in [2.75, 3.05) is 0 Å². The second-order valence-corrected chi connectivity index (χ2v) is 5.75. The lowest BCUT2D eigenvalue weighted by molar-refractivity contribution is 0.0993. The van der Waals surface area contributed by atoms with E-state index >= 15 is 0 Å². The SMILES string of the molecule is O=C(Cc1ccc(Br)s1)c1cncc(F)c1. The number of ketones is 1. The second-order valence-electron chi connectivity index (χ2n) is 3.20. The molecule has 0 fully saturated rings. The van der Waals surface area contributed by atoms with Crippen LogP contribution in [-0.2, 0) is 6.42 Å². The Morgan fingerprint density at radius 1 is 1.44 bits per heavy atom. The van der Waals surface area contributed by atoms with Gasteiger partial charge in [-0.05, 0) is 34.1 Å². The lowest BCUT2D eigenvalue weighted by Crippen LogP contribution is -2.03. The van der Waals surface area contributed by atoms with Crippen LogP contribution in [0.4, 0.5) is 4.39 Å². The number of hydrogen-bond donors (Lipinski definition) is 0. The molecule has 16 heavy (non-hydrogen) atoms. The molecular weight excluding hydrogens is 293 g/mol. The van der Waals surface area contributed by atoms with E-state index in [1.807, 2.05) is 12.1 Å². The van der Waals surface area contributed by atoms with Crippen molar-refractivity contribution in [1.82, 2.24) is 4.98 Å². The van der Waals surface area contributed by atoms with E-state index in [4.69, 9.17) is 0 Å². The zero-order valence-electron chi connectivity index (χ0n) is 8.11. The molecule has 0 saturated heterocycles. The van der Waals surface area contributed by atoms with Gasteiger partial charge >= 0.3 is 0 Å². The van der Waals surface area contributed by atoms with Crippen LogP contribution in [0.3, 0.4) is 0 Å². The van der Waals surface area contributed by atoms with E-state index in [1.165, 1.54) is 23.6 Å². The molecule has 0 spiro atoms. The molecule has 0 aliphatic heterocycles. The Morgan fingerprint density at radius 2 is 2.25 bits per heavy atom. The third-order valence-corrected chi connectivity index (χ3v) is 3.61. The van der Waals surface area contributed by atoms with Crippen LogP contribution in [-0.4, -0.2) is 10.8 Å². The molecule has 2 nitrogen and oxygen atoms in total. The predicted molar refractivity (Wildman–Crippen MR) is 64.2 cm³/mol. The van der Waals surface area contributed by atoms with Crippen LogP contribution < -0.4 is 0 Å². The summed E-state index contributed by atoms with van der Waals surface area (Å²) in [6.07, 6.45) is 2.74. The first-order valence-electron chi connectivity index (χ1n) is 4.53. The third-order valence-electron chi connectivity index (χ3n) is 1.99. The Bertz CT molecular complexity index is 526. The van der Waals surface area contributed by atoms with E-state index in [9.17, 15) is 9.18 Å². The van der Waals surface area contributed by atoms with E-state index in [1.54, 1.807) is 0 Å². The quantitative estimate of drug-likeness (QED) is 0.812. The summed E-state index contributed by atoms with van der Waals surface area (Å²) >= 11 is 4.82. The smallest absolute Gasteiger partial charge is 0.169 e. The van der Waals surface area contributed by atoms with Crippen molar-refractivity contribution < 1.29 is 9.18 Å². The zero-order valence-corrected chi connectivity index (χ0v) is 10.5. The number of thiophene rings is 1. The molecule has 0 saturated carbocycles. The number of aromatic nitrogens is 1. The van der Waals surface area contributed by atoms with Gasteiger partial charge in [0.2, 0.25) is 0 Å². The summed E-state index contributed by atoms with van der Waals surface area (Å²) in [7, 11) is 0. The average molecular weight is 300 g/mol. The van der Waals surface area contributed by atoms with Crippen LogP contribution in [0.2, 0.25) is 0 Å². The molecular formula is C11H7BrFNOS. The molecule has 2 aromatic heterocycles. The average Bonchev–Trinajstić information content (AvgIpc) is 2.64. The molecule has 0 amide bonds. The number of carbonyl (C=O) groups excluding carboxylic acids is 1. The fraction of sp³-hybridized carbons (Fsp3) is 0.0909. The van der Waals surface area contributed by atoms with Crippen LogP contribution >= 0.6 is 27.3 Å². The summed E-state index contributed by atoms with van der Waals surface area (Å²) in [5, 5.41) is 0. The summed E-state index contributed by atoms with van der Waals surface area (Å²) in [6.45, 7) is 0. The van der Waals surface area contributed by atoms with Gasteiger partial charge in [0.15, 0.2) is 5.78 Å². The molecule has 2 heterocycles. The Hall–Kier alpha value is -1.07. The number of nitrogens with zero attached hydrogens (tertiary/aromatic N) is 1. The Labute approximate surface area is 104 Å². The lowest BCUT2D eigenvalue weighted by atomic mass is 10.1. The maximum Gasteiger partial charge on any atom is 0.169 e. The van der Waals surface area contributed by atoms with Gasteiger partial charge in [0, 0.05) is 23.1 Å². The number of carbonyl (C=O) groups is 1. The lowest BCUT2D eigenvalue weighted by Gasteiger charge is -1.98. The van der Waals surface area contributed by atoms with Gasteiger partial charge in [-0.25, -0.2) is 4.39 Å². The minimum atomic E-state index is -0.488. The van der Waals surface area contributed by atoms with Gasteiger partial charge in [-0.2, -0.15) is 0 Å². The molecule has 0 aliphatic rings. The van der Waals surface area contributed by atoms with E-state index in [-0.39, 0.29) is 12.2 Å². The zero-order chi connectivity index (χ0) is 11.5. The van der Waals surface area contributed by atoms with Gasteiger partial charge < -0.3 is 0 Å². The number of halogens is 2. The van der Waals surface area contributed by atoms with Crippen molar-refractivity contribution in [2.24, 2.45) is 0 Å². The van der Waals surface area contributed by atoms with E-state index < -0.39 is 5.82 Å². The standard InChI is InChI=1S/C11H7BrFNOS/c12-11-2-1-9(16-11)4-10(15)7-3-8(13)6-14-5-7/h1-3,5-6H,4H2. The summed E-state index contributed by atoms with van der Waals surface area (Å²) in [5.41, 5.74) is 0.310. The van der Waals surface area contributed by atoms with Crippen LogP contribution in [0.15, 0.2) is 34.4 Å². The molecule has 0 N–H and O–H groups in total. The molecule has 2 aromatic rings. The number of hydrogen-bond acceptors (Lipinski definition) is 3. The molecule has 0 radical (unpaired) electrons. The first-order chi connectivity index (χ1) is 7.65. The van der Waals surface area contributed by atoms with Crippen molar-refractivity contribution in [2.45, 2.75) is 6.42 Å². The fourth-order valence-electron chi connectivity index (χ4n) is 1.27. The van der Waals surface area contributed by atoms with E-state index in [0.29, 0.717) is 5.56 Å². The van der Waals surface area contributed by atoms with Crippen molar-refractivity contribution in [1.29, 1.82) is 0 Å². The van der Waals surface area contributed by atoms with E-state index in [0.717, 1.165) is 14.9 Å². The second kappa shape index (κ2) is 4.84. The van der Waals surface area contributed by atoms with Crippen molar-refractivity contribution in [3.8, 4) is 0 Å². The Kier molecular flexibility index (Phi) is 3.46. The Balaban J connectivity index is 2.14. The highest BCUT2D eigenvalue weighted by atomic mass is 79.9. The molecule has 5 heteroatoms. The van der Waals surface area contributed by atoms with Crippen molar-refractivity contribution in [3.63, 3.8) is 0 Å². The topological polar surface area (TPSA) is 30.0 Å². The fourth-order valence-corrected chi connectivity index (χ4v) is 2.75. The van der Waals surface area contributed by atoms with Crippen molar-refractivity contribution >= 4 is 33.0 Å². The summed E-state index contributed by atoms with van der Waals surface area (Å²) < 4.78 is 13.8. The number of pyridine rings is 1. The maximum atomic E-state index is 12.9. The first-order valence-corrected chi connectivity index (χ1v) is 6.14. The monoisotopic (exact) mass is 299 g/mol. The van der Waals surface area contributed by atoms with Gasteiger partial charge in [0.25, 0.3) is 0 Å². The minimum absolute atomic E-state index is 0.124. The minimum Gasteiger partial charge on any atom is -0.294 e. The molecule has 0 aliphatic carbocycles. The van der Waals surface area contributed by atoms with Gasteiger partial charge in [0.1, 0.15) is 5.82 Å². The first kappa shape index (κ1) is 11.4. The molecule has 2 rings (SSSR count). The molecule has 82 valence electrons. The molecule has 0 bridgehead atoms. The third kappa shape index (κ3) is 2.74. The van der Waals surface area contributed by atoms with Crippen LogP contribution in [0.1, 0.15) is 15.2 Å². The van der Waals surface area contributed by atoms with Crippen LogP contribution in [0.5, 0.6) is 0 Å². The van der Waals surface area contributed by atoms with Crippen LogP contribution in [0, 0.1) is 5.82 Å². The Morgan fingerprint density at radius 3 is 2.88 bits per heavy atom. The highest BCUT2D eigenvalue weighted by Crippen LogP contribution is 2.23. The normalized spacial score (nSPS) is 10.4. The van der Waals surface area contributed by atoms with Gasteiger partial charge in [0.05, 0.1) is 9.98 Å². The van der Waals surface area contributed by atoms with Gasteiger partial charge in [-0.15, -0.1) is 11.3 Å². The van der Waals surface area contributed by atoms with E-state index in [2.05, 4.69) is 20.9 Å². The molecule has 0 unspecified atom stereocenters. The molecule has 0 aromatic carbocycles. The predicted octanol–water partition coefficient (Wildman–Crippen LogP) is 3.47. The van der Waals surface area contributed by atoms with Crippen molar-refractivity contribution in [3.05, 3.63) is 50.6 Å². The maximum absolute atomic E-state index is 12.9. The molecule has 0 atom stereocenters. The van der Waals surface area contributed by atoms with Gasteiger partial charge in [-0.1, -0.05) is 0 Å². The summed E-state index contributed by atoms with van der Waals surface area (Å²) in [6, 6.07) is 4.97. The summed E-state index contributed by atoms with van der Waals surface area (Å²) in [5.74, 6) is -0.612. The largest absolute Gasteiger partial charge is 0.294 e. The number of Topliss-reactive ketones (excluding diaryl/α,β-unsaturated/α-hetero) is 1. The summed E-state index contributed by atoms with van der Waals surface area (Å²) in [4.78, 5) is 16.4. The highest BCUT2D eigenvalue weighted by Gasteiger charge is 2.09. The van der Waals surface area contributed by atoms with Crippen LogP contribution in [0.25, 0.3) is 0 Å². The van der Waals surface area contributed by atoms with Gasteiger partial charge in [-0.3, -0.25) is 9.78 Å². The highest BCUT2D eigenvalue weighted by molar-refractivity contribution is 9.11.